The van der Waals surface area contributed by atoms with Crippen molar-refractivity contribution in [2.75, 3.05) is 6.61 Å². The number of aryl methyl sites for hydroxylation is 1. The fraction of sp³-hybridized carbons (Fsp3) is 0.188. The molecule has 0 heterocycles. The van der Waals surface area contributed by atoms with Crippen LogP contribution in [0, 0.1) is 12.7 Å². The number of rotatable bonds is 4. The van der Waals surface area contributed by atoms with Gasteiger partial charge in [-0.15, -0.1) is 0 Å². The van der Waals surface area contributed by atoms with Crippen LogP contribution in [0.2, 0.25) is 0 Å². The van der Waals surface area contributed by atoms with Crippen molar-refractivity contribution in [3.8, 4) is 16.9 Å². The Bertz CT molecular complexity index is 608. The van der Waals surface area contributed by atoms with E-state index in [0.717, 1.165) is 22.4 Å². The van der Waals surface area contributed by atoms with Gasteiger partial charge in [0.1, 0.15) is 11.6 Å². The average Bonchev–Trinajstić information content (AvgIpc) is 2.39. The van der Waals surface area contributed by atoms with Gasteiger partial charge in [0.25, 0.3) is 0 Å². The molecule has 0 spiro atoms. The molecular weight excluding hydrogens is 241 g/mol. The maximum atomic E-state index is 13.6. The number of halogens is 1. The van der Waals surface area contributed by atoms with Crippen molar-refractivity contribution < 1.29 is 9.13 Å². The lowest BCUT2D eigenvalue weighted by atomic mass is 10.0. The van der Waals surface area contributed by atoms with Crippen LogP contribution in [-0.2, 0) is 0 Å². The predicted octanol–water partition coefficient (Wildman–Crippen LogP) is 4.53. The van der Waals surface area contributed by atoms with Gasteiger partial charge in [-0.3, -0.25) is 4.99 Å². The van der Waals surface area contributed by atoms with E-state index in [-0.39, 0.29) is 5.82 Å². The van der Waals surface area contributed by atoms with Gasteiger partial charge in [0, 0.05) is 6.07 Å². The summed E-state index contributed by atoms with van der Waals surface area (Å²) >= 11 is 0. The molecule has 0 unspecified atom stereocenters. The minimum Gasteiger partial charge on any atom is -0.494 e. The Morgan fingerprint density at radius 2 is 1.95 bits per heavy atom. The summed E-state index contributed by atoms with van der Waals surface area (Å²) in [6.07, 6.45) is 0. The van der Waals surface area contributed by atoms with Crippen LogP contribution < -0.4 is 4.74 Å². The predicted molar refractivity (Wildman–Crippen MR) is 77.0 cm³/mol. The summed E-state index contributed by atoms with van der Waals surface area (Å²) in [6, 6.07) is 10.5. The smallest absolute Gasteiger partial charge is 0.127 e. The first-order valence-electron chi connectivity index (χ1n) is 6.15. The molecule has 0 aliphatic heterocycles. The van der Waals surface area contributed by atoms with E-state index in [1.54, 1.807) is 0 Å². The third-order valence-corrected chi connectivity index (χ3v) is 2.90. The van der Waals surface area contributed by atoms with Crippen LogP contribution in [0.3, 0.4) is 0 Å². The Hall–Kier alpha value is -2.16. The minimum absolute atomic E-state index is 0.311. The number of ether oxygens (including phenoxy) is 1. The molecule has 3 heteroatoms. The average molecular weight is 257 g/mol. The molecule has 0 aliphatic rings. The van der Waals surface area contributed by atoms with Crippen LogP contribution in [-0.4, -0.2) is 13.3 Å². The molecule has 0 bridgehead atoms. The molecule has 2 aromatic rings. The zero-order valence-corrected chi connectivity index (χ0v) is 11.1. The standard InChI is InChI=1S/C16H16FNO/c1-4-19-15-8-13(7-14(17)10-15)12-6-5-11(2)16(9-12)18-3/h5-10H,3-4H2,1-2H3. The van der Waals surface area contributed by atoms with E-state index < -0.39 is 0 Å². The van der Waals surface area contributed by atoms with Gasteiger partial charge in [0.2, 0.25) is 0 Å². The topological polar surface area (TPSA) is 21.6 Å². The first kappa shape index (κ1) is 13.3. The van der Waals surface area contributed by atoms with Gasteiger partial charge in [-0.1, -0.05) is 12.1 Å². The van der Waals surface area contributed by atoms with Crippen LogP contribution in [0.4, 0.5) is 10.1 Å². The molecule has 2 rings (SSSR count). The molecule has 0 aliphatic carbocycles. The van der Waals surface area contributed by atoms with Crippen LogP contribution in [0.1, 0.15) is 12.5 Å². The molecule has 0 saturated heterocycles. The third-order valence-electron chi connectivity index (χ3n) is 2.90. The van der Waals surface area contributed by atoms with Gasteiger partial charge >= 0.3 is 0 Å². The van der Waals surface area contributed by atoms with Gasteiger partial charge in [-0.25, -0.2) is 4.39 Å². The quantitative estimate of drug-likeness (QED) is 0.737. The van der Waals surface area contributed by atoms with Crippen LogP contribution in [0.15, 0.2) is 41.4 Å². The first-order valence-corrected chi connectivity index (χ1v) is 6.15. The van der Waals surface area contributed by atoms with Crippen molar-refractivity contribution >= 4 is 12.4 Å². The molecule has 19 heavy (non-hydrogen) atoms. The second-order valence-electron chi connectivity index (χ2n) is 4.27. The number of hydrogen-bond acceptors (Lipinski definition) is 2. The summed E-state index contributed by atoms with van der Waals surface area (Å²) in [7, 11) is 0. The number of nitrogens with zero attached hydrogens (tertiary/aromatic N) is 1. The Morgan fingerprint density at radius 1 is 1.16 bits per heavy atom. The molecule has 0 N–H and O–H groups in total. The summed E-state index contributed by atoms with van der Waals surface area (Å²) in [4.78, 5) is 3.96. The number of aliphatic imine (C=N–C) groups is 1. The van der Waals surface area contributed by atoms with E-state index in [2.05, 4.69) is 11.7 Å². The van der Waals surface area contributed by atoms with Crippen molar-refractivity contribution in [2.45, 2.75) is 13.8 Å². The molecular formula is C16H16FNO. The van der Waals surface area contributed by atoms with E-state index in [4.69, 9.17) is 4.74 Å². The van der Waals surface area contributed by atoms with E-state index in [0.29, 0.717) is 12.4 Å². The van der Waals surface area contributed by atoms with E-state index in [1.165, 1.54) is 12.1 Å². The van der Waals surface area contributed by atoms with Gasteiger partial charge in [-0.2, -0.15) is 0 Å². The lowest BCUT2D eigenvalue weighted by molar-refractivity contribution is 0.338. The van der Waals surface area contributed by atoms with Crippen molar-refractivity contribution in [2.24, 2.45) is 4.99 Å². The second-order valence-corrected chi connectivity index (χ2v) is 4.27. The molecule has 0 aromatic heterocycles. The van der Waals surface area contributed by atoms with Gasteiger partial charge in [0.15, 0.2) is 0 Å². The molecule has 0 atom stereocenters. The van der Waals surface area contributed by atoms with Gasteiger partial charge in [-0.05, 0) is 55.5 Å². The zero-order valence-electron chi connectivity index (χ0n) is 11.1. The summed E-state index contributed by atoms with van der Waals surface area (Å²) in [5, 5.41) is 0. The summed E-state index contributed by atoms with van der Waals surface area (Å²) in [5.74, 6) is 0.223. The summed E-state index contributed by atoms with van der Waals surface area (Å²) in [6.45, 7) is 7.89. The molecule has 0 saturated carbocycles. The van der Waals surface area contributed by atoms with Crippen LogP contribution in [0.25, 0.3) is 11.1 Å². The molecule has 0 radical (unpaired) electrons. The van der Waals surface area contributed by atoms with E-state index in [9.17, 15) is 4.39 Å². The van der Waals surface area contributed by atoms with Crippen LogP contribution >= 0.6 is 0 Å². The van der Waals surface area contributed by atoms with Crippen molar-refractivity contribution in [3.63, 3.8) is 0 Å². The number of benzene rings is 2. The molecule has 0 fully saturated rings. The lowest BCUT2D eigenvalue weighted by Crippen LogP contribution is -1.93. The highest BCUT2D eigenvalue weighted by atomic mass is 19.1. The molecule has 98 valence electrons. The minimum atomic E-state index is -0.311. The fourth-order valence-electron chi connectivity index (χ4n) is 1.94. The molecule has 0 amide bonds. The fourth-order valence-corrected chi connectivity index (χ4v) is 1.94. The SMILES string of the molecule is C=Nc1cc(-c2cc(F)cc(OCC)c2)ccc1C. The summed E-state index contributed by atoms with van der Waals surface area (Å²) in [5.41, 5.74) is 3.52. The van der Waals surface area contributed by atoms with E-state index >= 15 is 0 Å². The van der Waals surface area contributed by atoms with Crippen molar-refractivity contribution in [1.82, 2.24) is 0 Å². The summed E-state index contributed by atoms with van der Waals surface area (Å²) < 4.78 is 18.9. The Labute approximate surface area is 112 Å². The Morgan fingerprint density at radius 3 is 2.63 bits per heavy atom. The van der Waals surface area contributed by atoms with Gasteiger partial charge < -0.3 is 4.74 Å². The third kappa shape index (κ3) is 2.99. The highest BCUT2D eigenvalue weighted by Gasteiger charge is 2.06. The largest absolute Gasteiger partial charge is 0.494 e. The Kier molecular flexibility index (Phi) is 3.95. The maximum absolute atomic E-state index is 13.6. The molecule has 2 nitrogen and oxygen atoms in total. The second kappa shape index (κ2) is 5.65. The number of hydrogen-bond donors (Lipinski definition) is 0. The first-order chi connectivity index (χ1) is 9.13. The van der Waals surface area contributed by atoms with E-state index in [1.807, 2.05) is 38.1 Å². The monoisotopic (exact) mass is 257 g/mol. The van der Waals surface area contributed by atoms with Crippen LogP contribution in [0.5, 0.6) is 5.75 Å². The normalized spacial score (nSPS) is 10.3. The zero-order chi connectivity index (χ0) is 13.8. The lowest BCUT2D eigenvalue weighted by Gasteiger charge is -2.09. The van der Waals surface area contributed by atoms with Crippen molar-refractivity contribution in [1.29, 1.82) is 0 Å². The van der Waals surface area contributed by atoms with Gasteiger partial charge in [0.05, 0.1) is 12.3 Å². The van der Waals surface area contributed by atoms with Crippen molar-refractivity contribution in [3.05, 3.63) is 47.8 Å². The maximum Gasteiger partial charge on any atom is 0.127 e. The molecule has 2 aromatic carbocycles. The highest BCUT2D eigenvalue weighted by Crippen LogP contribution is 2.30. The Balaban J connectivity index is 2.48. The highest BCUT2D eigenvalue weighted by molar-refractivity contribution is 5.70.